The average Bonchev–Trinajstić information content (AvgIpc) is 3.32. The summed E-state index contributed by atoms with van der Waals surface area (Å²) in [5.41, 5.74) is 4.18. The SMILES string of the molecule is O=C(C=C(c1ccccc1)c1ccccc1)OOC(=O)c1oc2ccccc2c1-c1ccccc1. The van der Waals surface area contributed by atoms with E-state index in [1.807, 2.05) is 109 Å². The molecule has 0 amide bonds. The maximum absolute atomic E-state index is 12.9. The smallest absolute Gasteiger partial charge is 0.421 e. The zero-order chi connectivity index (χ0) is 24.0. The van der Waals surface area contributed by atoms with Gasteiger partial charge in [-0.2, -0.15) is 0 Å². The summed E-state index contributed by atoms with van der Waals surface area (Å²) >= 11 is 0. The molecule has 0 unspecified atom stereocenters. The van der Waals surface area contributed by atoms with Crippen molar-refractivity contribution < 1.29 is 23.8 Å². The molecule has 0 N–H and O–H groups in total. The number of para-hydroxylation sites is 1. The summed E-state index contributed by atoms with van der Waals surface area (Å²) in [5.74, 6) is -1.76. The zero-order valence-electron chi connectivity index (χ0n) is 18.6. The van der Waals surface area contributed by atoms with Crippen LogP contribution in [0.4, 0.5) is 0 Å². The van der Waals surface area contributed by atoms with Crippen LogP contribution in [0.2, 0.25) is 0 Å². The van der Waals surface area contributed by atoms with Crippen molar-refractivity contribution in [3.63, 3.8) is 0 Å². The molecule has 35 heavy (non-hydrogen) atoms. The van der Waals surface area contributed by atoms with Gasteiger partial charge in [0.15, 0.2) is 0 Å². The lowest BCUT2D eigenvalue weighted by Gasteiger charge is -2.08. The molecule has 0 bridgehead atoms. The lowest BCUT2D eigenvalue weighted by atomic mass is 9.98. The molecule has 0 aliphatic carbocycles. The lowest BCUT2D eigenvalue weighted by Crippen LogP contribution is -2.10. The second-order valence-corrected chi connectivity index (χ2v) is 7.73. The first-order valence-electron chi connectivity index (χ1n) is 11.0. The molecule has 0 radical (unpaired) electrons. The molecule has 1 aromatic heterocycles. The van der Waals surface area contributed by atoms with E-state index in [4.69, 9.17) is 14.2 Å². The van der Waals surface area contributed by atoms with E-state index in [1.165, 1.54) is 6.08 Å². The second kappa shape index (κ2) is 9.93. The highest BCUT2D eigenvalue weighted by atomic mass is 17.2. The molecule has 5 aromatic rings. The molecule has 5 heteroatoms. The standard InChI is InChI=1S/C30H20O5/c31-27(20-25(21-12-4-1-5-13-21)22-14-6-2-7-15-22)34-35-30(32)29-28(23-16-8-3-9-17-23)24-18-10-11-19-26(24)33-29/h1-20H. The van der Waals surface area contributed by atoms with E-state index in [1.54, 1.807) is 6.07 Å². The van der Waals surface area contributed by atoms with Crippen LogP contribution in [-0.2, 0) is 14.6 Å². The molecule has 1 heterocycles. The Balaban J connectivity index is 1.42. The van der Waals surface area contributed by atoms with Crippen LogP contribution in [-0.4, -0.2) is 11.9 Å². The largest absolute Gasteiger partial charge is 0.448 e. The molecule has 170 valence electrons. The van der Waals surface area contributed by atoms with Gasteiger partial charge in [0.1, 0.15) is 5.58 Å². The molecule has 4 aromatic carbocycles. The fourth-order valence-electron chi connectivity index (χ4n) is 3.91. The molecule has 0 saturated heterocycles. The van der Waals surface area contributed by atoms with Gasteiger partial charge in [-0.1, -0.05) is 109 Å². The monoisotopic (exact) mass is 460 g/mol. The fraction of sp³-hybridized carbons (Fsp3) is 0. The third-order valence-corrected chi connectivity index (χ3v) is 5.47. The number of furan rings is 1. The van der Waals surface area contributed by atoms with Crippen LogP contribution < -0.4 is 0 Å². The first kappa shape index (κ1) is 21.9. The van der Waals surface area contributed by atoms with E-state index in [9.17, 15) is 9.59 Å². The molecule has 0 saturated carbocycles. The van der Waals surface area contributed by atoms with E-state index in [2.05, 4.69) is 0 Å². The van der Waals surface area contributed by atoms with Crippen LogP contribution in [0.25, 0.3) is 27.7 Å². The number of hydrogen-bond donors (Lipinski definition) is 0. The summed E-state index contributed by atoms with van der Waals surface area (Å²) in [7, 11) is 0. The lowest BCUT2D eigenvalue weighted by molar-refractivity contribution is -0.228. The topological polar surface area (TPSA) is 65.7 Å². The predicted molar refractivity (Wildman–Crippen MR) is 133 cm³/mol. The van der Waals surface area contributed by atoms with Gasteiger partial charge in [0.05, 0.1) is 0 Å². The summed E-state index contributed by atoms with van der Waals surface area (Å²) in [6, 6.07) is 35.5. The van der Waals surface area contributed by atoms with E-state index in [0.29, 0.717) is 16.7 Å². The van der Waals surface area contributed by atoms with Gasteiger partial charge in [0.2, 0.25) is 5.76 Å². The minimum Gasteiger partial charge on any atom is -0.448 e. The molecule has 5 rings (SSSR count). The summed E-state index contributed by atoms with van der Waals surface area (Å²) in [6.45, 7) is 0. The van der Waals surface area contributed by atoms with E-state index in [-0.39, 0.29) is 5.76 Å². The average molecular weight is 460 g/mol. The number of carbonyl (C=O) groups is 2. The van der Waals surface area contributed by atoms with Crippen LogP contribution in [0.1, 0.15) is 21.7 Å². The number of rotatable bonds is 5. The molecule has 0 fully saturated rings. The summed E-state index contributed by atoms with van der Waals surface area (Å²) in [4.78, 5) is 35.4. The van der Waals surface area contributed by atoms with Crippen molar-refractivity contribution in [2.45, 2.75) is 0 Å². The van der Waals surface area contributed by atoms with E-state index >= 15 is 0 Å². The number of benzene rings is 4. The van der Waals surface area contributed by atoms with Crippen LogP contribution in [0.15, 0.2) is 126 Å². The van der Waals surface area contributed by atoms with Gasteiger partial charge in [-0.3, -0.25) is 0 Å². The quantitative estimate of drug-likeness (QED) is 0.163. The third-order valence-electron chi connectivity index (χ3n) is 5.47. The Bertz CT molecular complexity index is 1460. The van der Waals surface area contributed by atoms with Crippen LogP contribution >= 0.6 is 0 Å². The summed E-state index contributed by atoms with van der Waals surface area (Å²) in [5, 5.41) is 0.757. The Morgan fingerprint density at radius 3 is 1.80 bits per heavy atom. The van der Waals surface area contributed by atoms with Gasteiger partial charge < -0.3 is 4.42 Å². The van der Waals surface area contributed by atoms with Crippen LogP contribution in [0, 0.1) is 0 Å². The van der Waals surface area contributed by atoms with Gasteiger partial charge >= 0.3 is 11.9 Å². The molecule has 0 spiro atoms. The summed E-state index contributed by atoms with van der Waals surface area (Å²) < 4.78 is 5.79. The maximum atomic E-state index is 12.9. The Morgan fingerprint density at radius 1 is 0.629 bits per heavy atom. The molecular weight excluding hydrogens is 440 g/mol. The van der Waals surface area contributed by atoms with Crippen LogP contribution in [0.5, 0.6) is 0 Å². The van der Waals surface area contributed by atoms with Gasteiger partial charge in [0, 0.05) is 17.0 Å². The number of hydrogen-bond acceptors (Lipinski definition) is 5. The molecular formula is C30H20O5. The van der Waals surface area contributed by atoms with Crippen molar-refractivity contribution >= 4 is 28.5 Å². The zero-order valence-corrected chi connectivity index (χ0v) is 18.6. The van der Waals surface area contributed by atoms with E-state index < -0.39 is 11.9 Å². The normalized spacial score (nSPS) is 10.5. The predicted octanol–water partition coefficient (Wildman–Crippen LogP) is 6.85. The first-order chi connectivity index (χ1) is 17.2. The number of fused-ring (bicyclic) bond motifs is 1. The minimum absolute atomic E-state index is 0.0412. The summed E-state index contributed by atoms with van der Waals surface area (Å²) in [6.07, 6.45) is 1.30. The van der Waals surface area contributed by atoms with Crippen LogP contribution in [0.3, 0.4) is 0 Å². The number of carbonyl (C=O) groups excluding carboxylic acids is 2. The second-order valence-electron chi connectivity index (χ2n) is 7.73. The maximum Gasteiger partial charge on any atom is 0.421 e. The van der Waals surface area contributed by atoms with Crippen molar-refractivity contribution in [2.24, 2.45) is 0 Å². The highest BCUT2D eigenvalue weighted by Gasteiger charge is 2.25. The highest BCUT2D eigenvalue weighted by molar-refractivity contribution is 6.06. The van der Waals surface area contributed by atoms with Gasteiger partial charge in [-0.15, -0.1) is 0 Å². The van der Waals surface area contributed by atoms with Crippen molar-refractivity contribution in [2.75, 3.05) is 0 Å². The Labute approximate surface area is 201 Å². The van der Waals surface area contributed by atoms with Crippen molar-refractivity contribution in [1.82, 2.24) is 0 Å². The molecule has 0 aliphatic rings. The molecule has 5 nitrogen and oxygen atoms in total. The minimum atomic E-state index is -0.900. The highest BCUT2D eigenvalue weighted by Crippen LogP contribution is 2.35. The van der Waals surface area contributed by atoms with Gasteiger partial charge in [0.25, 0.3) is 0 Å². The van der Waals surface area contributed by atoms with Gasteiger partial charge in [-0.05, 0) is 28.3 Å². The van der Waals surface area contributed by atoms with Crippen molar-refractivity contribution in [3.8, 4) is 11.1 Å². The van der Waals surface area contributed by atoms with Gasteiger partial charge in [-0.25, -0.2) is 19.4 Å². The third kappa shape index (κ3) is 4.75. The Hall–Kier alpha value is -4.90. The van der Waals surface area contributed by atoms with Crippen molar-refractivity contribution in [3.05, 3.63) is 138 Å². The molecule has 0 aliphatic heterocycles. The Morgan fingerprint density at radius 2 is 1.17 bits per heavy atom. The van der Waals surface area contributed by atoms with Crippen molar-refractivity contribution in [1.29, 1.82) is 0 Å². The first-order valence-corrected chi connectivity index (χ1v) is 11.0. The fourth-order valence-corrected chi connectivity index (χ4v) is 3.91. The van der Waals surface area contributed by atoms with E-state index in [0.717, 1.165) is 22.1 Å². The molecule has 0 atom stereocenters. The Kier molecular flexibility index (Phi) is 6.22.